The van der Waals surface area contributed by atoms with Crippen LogP contribution < -0.4 is 10.6 Å². The van der Waals surface area contributed by atoms with Gasteiger partial charge in [0.15, 0.2) is 0 Å². The summed E-state index contributed by atoms with van der Waals surface area (Å²) in [5.74, 6) is 0.782. The third-order valence-corrected chi connectivity index (χ3v) is 4.29. The number of hydrogen-bond acceptors (Lipinski definition) is 4. The third-order valence-electron chi connectivity index (χ3n) is 4.07. The van der Waals surface area contributed by atoms with Gasteiger partial charge in [0.05, 0.1) is 17.2 Å². The molecule has 0 unspecified atom stereocenters. The number of nitrogens with zero attached hydrogens (tertiary/aromatic N) is 1. The van der Waals surface area contributed by atoms with Crippen LogP contribution in [-0.4, -0.2) is 23.7 Å². The number of rotatable bonds is 3. The second-order valence-electron chi connectivity index (χ2n) is 5.54. The number of anilines is 2. The summed E-state index contributed by atoms with van der Waals surface area (Å²) in [5, 5.41) is 7.39. The first-order valence-corrected chi connectivity index (χ1v) is 7.53. The number of nitrogens with one attached hydrogen (secondary N) is 2. The van der Waals surface area contributed by atoms with Gasteiger partial charge in [-0.2, -0.15) is 0 Å². The molecule has 4 nitrogen and oxygen atoms in total. The minimum absolute atomic E-state index is 0.187. The summed E-state index contributed by atoms with van der Waals surface area (Å²) < 4.78 is 6.01. The molecule has 2 aliphatic rings. The Morgan fingerprint density at radius 3 is 2.67 bits per heavy atom. The maximum atomic E-state index is 6.01. The van der Waals surface area contributed by atoms with E-state index in [1.165, 1.54) is 5.56 Å². The second-order valence-corrected chi connectivity index (χ2v) is 5.97. The SMILES string of the molecule is Clc1ccc(Nc2ccc([C@@H]3O[C@H]4CN[C@@H]3C4)cc2)nc1. The Kier molecular flexibility index (Phi) is 3.30. The minimum atomic E-state index is 0.187. The second kappa shape index (κ2) is 5.30. The van der Waals surface area contributed by atoms with Gasteiger partial charge in [-0.3, -0.25) is 0 Å². The molecule has 4 rings (SSSR count). The molecule has 2 aromatic rings. The molecule has 5 heteroatoms. The van der Waals surface area contributed by atoms with Crippen LogP contribution >= 0.6 is 11.6 Å². The third kappa shape index (κ3) is 2.62. The van der Waals surface area contributed by atoms with Crippen molar-refractivity contribution in [1.29, 1.82) is 0 Å². The molecular formula is C16H16ClN3O. The molecule has 0 saturated carbocycles. The van der Waals surface area contributed by atoms with Crippen LogP contribution in [0.3, 0.4) is 0 Å². The van der Waals surface area contributed by atoms with Gasteiger partial charge in [-0.05, 0) is 36.2 Å². The summed E-state index contributed by atoms with van der Waals surface area (Å²) in [5.41, 5.74) is 2.23. The number of ether oxygens (including phenoxy) is 1. The average Bonchev–Trinajstić information content (AvgIpc) is 3.13. The molecule has 2 aliphatic heterocycles. The molecule has 1 aromatic carbocycles. The monoisotopic (exact) mass is 301 g/mol. The van der Waals surface area contributed by atoms with Crippen LogP contribution in [-0.2, 0) is 4.74 Å². The number of morpholine rings is 1. The fourth-order valence-electron chi connectivity index (χ4n) is 3.03. The number of halogens is 1. The van der Waals surface area contributed by atoms with E-state index in [9.17, 15) is 0 Å². The van der Waals surface area contributed by atoms with Crippen LogP contribution in [0.5, 0.6) is 0 Å². The van der Waals surface area contributed by atoms with Crippen molar-refractivity contribution in [1.82, 2.24) is 10.3 Å². The van der Waals surface area contributed by atoms with Gasteiger partial charge in [0.2, 0.25) is 0 Å². The van der Waals surface area contributed by atoms with Crippen LogP contribution in [0.2, 0.25) is 5.02 Å². The van der Waals surface area contributed by atoms with E-state index in [0.717, 1.165) is 24.5 Å². The highest BCUT2D eigenvalue weighted by Gasteiger charge is 2.41. The van der Waals surface area contributed by atoms with Crippen LogP contribution in [0, 0.1) is 0 Å². The van der Waals surface area contributed by atoms with Crippen molar-refractivity contribution in [3.05, 3.63) is 53.2 Å². The Balaban J connectivity index is 1.47. The average molecular weight is 302 g/mol. The summed E-state index contributed by atoms with van der Waals surface area (Å²) in [7, 11) is 0. The molecule has 2 fully saturated rings. The zero-order chi connectivity index (χ0) is 14.2. The molecule has 0 spiro atoms. The van der Waals surface area contributed by atoms with Crippen LogP contribution in [0.25, 0.3) is 0 Å². The molecule has 1 aromatic heterocycles. The summed E-state index contributed by atoms with van der Waals surface area (Å²) in [6.45, 7) is 0.989. The maximum Gasteiger partial charge on any atom is 0.130 e. The van der Waals surface area contributed by atoms with Crippen molar-refractivity contribution in [3.63, 3.8) is 0 Å². The van der Waals surface area contributed by atoms with E-state index in [1.807, 2.05) is 12.1 Å². The number of fused-ring (bicyclic) bond motifs is 2. The zero-order valence-electron chi connectivity index (χ0n) is 11.4. The molecule has 108 valence electrons. The standard InChI is InChI=1S/C16H16ClN3O/c17-11-3-6-15(19-8-11)20-12-4-1-10(2-5-12)16-14-7-13(21-16)9-18-14/h1-6,8,13-14,16,18H,7,9H2,(H,19,20)/t13-,14-,16+/m1/s1. The molecule has 2 N–H and O–H groups in total. The molecule has 2 bridgehead atoms. The number of pyridine rings is 1. The zero-order valence-corrected chi connectivity index (χ0v) is 12.2. The van der Waals surface area contributed by atoms with Crippen molar-refractivity contribution in [2.45, 2.75) is 24.7 Å². The fourth-order valence-corrected chi connectivity index (χ4v) is 3.15. The highest BCUT2D eigenvalue weighted by molar-refractivity contribution is 6.30. The van der Waals surface area contributed by atoms with E-state index in [4.69, 9.17) is 16.3 Å². The lowest BCUT2D eigenvalue weighted by Crippen LogP contribution is -2.33. The first-order chi connectivity index (χ1) is 10.3. The molecule has 0 amide bonds. The predicted molar refractivity (Wildman–Crippen MR) is 83.0 cm³/mol. The van der Waals surface area contributed by atoms with Gasteiger partial charge in [0, 0.05) is 24.5 Å². The number of benzene rings is 1. The normalized spacial score (nSPS) is 27.0. The van der Waals surface area contributed by atoms with Gasteiger partial charge < -0.3 is 15.4 Å². The lowest BCUT2D eigenvalue weighted by molar-refractivity contribution is 0.0160. The Morgan fingerprint density at radius 2 is 2.05 bits per heavy atom. The van der Waals surface area contributed by atoms with Crippen molar-refractivity contribution in [2.75, 3.05) is 11.9 Å². The summed E-state index contributed by atoms with van der Waals surface area (Å²) in [6.07, 6.45) is 3.33. The van der Waals surface area contributed by atoms with Crippen molar-refractivity contribution in [3.8, 4) is 0 Å². The topological polar surface area (TPSA) is 46.2 Å². The highest BCUT2D eigenvalue weighted by atomic mass is 35.5. The highest BCUT2D eigenvalue weighted by Crippen LogP contribution is 2.37. The van der Waals surface area contributed by atoms with Crippen molar-refractivity contribution < 1.29 is 4.74 Å². The van der Waals surface area contributed by atoms with Crippen molar-refractivity contribution >= 4 is 23.1 Å². The van der Waals surface area contributed by atoms with Gasteiger partial charge >= 0.3 is 0 Å². The summed E-state index contributed by atoms with van der Waals surface area (Å²) in [6, 6.07) is 12.5. The summed E-state index contributed by atoms with van der Waals surface area (Å²) >= 11 is 5.83. The van der Waals surface area contributed by atoms with E-state index in [2.05, 4.69) is 39.9 Å². The van der Waals surface area contributed by atoms with Gasteiger partial charge in [-0.25, -0.2) is 4.98 Å². The first kappa shape index (κ1) is 13.1. The molecule has 0 radical (unpaired) electrons. The number of aromatic nitrogens is 1. The van der Waals surface area contributed by atoms with Gasteiger partial charge in [-0.1, -0.05) is 23.7 Å². The summed E-state index contributed by atoms with van der Waals surface area (Å²) in [4.78, 5) is 4.23. The number of hydrogen-bond donors (Lipinski definition) is 2. The lowest BCUT2D eigenvalue weighted by Gasteiger charge is -2.23. The Labute approximate surface area is 128 Å². The maximum absolute atomic E-state index is 6.01. The quantitative estimate of drug-likeness (QED) is 0.913. The van der Waals surface area contributed by atoms with Crippen LogP contribution in [0.1, 0.15) is 18.1 Å². The van der Waals surface area contributed by atoms with E-state index in [-0.39, 0.29) is 6.10 Å². The van der Waals surface area contributed by atoms with Gasteiger partial charge in [0.1, 0.15) is 5.82 Å². The van der Waals surface area contributed by atoms with E-state index in [1.54, 1.807) is 6.20 Å². The Bertz CT molecular complexity index is 629. The Hall–Kier alpha value is -1.62. The molecular weight excluding hydrogens is 286 g/mol. The predicted octanol–water partition coefficient (Wildman–Crippen LogP) is 3.28. The van der Waals surface area contributed by atoms with Crippen LogP contribution in [0.4, 0.5) is 11.5 Å². The molecule has 3 heterocycles. The van der Waals surface area contributed by atoms with E-state index >= 15 is 0 Å². The molecule has 3 atom stereocenters. The molecule has 2 saturated heterocycles. The first-order valence-electron chi connectivity index (χ1n) is 7.15. The molecule has 21 heavy (non-hydrogen) atoms. The van der Waals surface area contributed by atoms with E-state index in [0.29, 0.717) is 17.2 Å². The minimum Gasteiger partial charge on any atom is -0.367 e. The van der Waals surface area contributed by atoms with Crippen LogP contribution in [0.15, 0.2) is 42.6 Å². The smallest absolute Gasteiger partial charge is 0.130 e. The van der Waals surface area contributed by atoms with Gasteiger partial charge in [0.25, 0.3) is 0 Å². The largest absolute Gasteiger partial charge is 0.367 e. The van der Waals surface area contributed by atoms with E-state index < -0.39 is 0 Å². The van der Waals surface area contributed by atoms with Crippen molar-refractivity contribution in [2.24, 2.45) is 0 Å². The van der Waals surface area contributed by atoms with Gasteiger partial charge in [-0.15, -0.1) is 0 Å². The Morgan fingerprint density at radius 1 is 1.19 bits per heavy atom. The lowest BCUT2D eigenvalue weighted by atomic mass is 10.0. The fraction of sp³-hybridized carbons (Fsp3) is 0.312. The molecule has 0 aliphatic carbocycles.